The van der Waals surface area contributed by atoms with Crippen LogP contribution in [0.25, 0.3) is 0 Å². The molecule has 0 aromatic heterocycles. The SMILES string of the molecule is CN1CC(CNC(=O)c2ccccc2N2CCCC2)OCC1=O. The van der Waals surface area contributed by atoms with E-state index in [0.717, 1.165) is 18.8 Å². The van der Waals surface area contributed by atoms with E-state index in [9.17, 15) is 9.59 Å². The fourth-order valence-corrected chi connectivity index (χ4v) is 3.08. The van der Waals surface area contributed by atoms with Gasteiger partial charge in [0, 0.05) is 38.9 Å². The maximum Gasteiger partial charge on any atom is 0.253 e. The number of amides is 2. The van der Waals surface area contributed by atoms with Crippen LogP contribution in [0, 0.1) is 0 Å². The first kappa shape index (κ1) is 15.8. The second-order valence-corrected chi connectivity index (χ2v) is 6.13. The number of hydrogen-bond acceptors (Lipinski definition) is 4. The van der Waals surface area contributed by atoms with E-state index in [2.05, 4.69) is 10.2 Å². The van der Waals surface area contributed by atoms with Gasteiger partial charge >= 0.3 is 0 Å². The zero-order valence-electron chi connectivity index (χ0n) is 13.5. The van der Waals surface area contributed by atoms with Crippen LogP contribution in [-0.4, -0.2) is 62.7 Å². The lowest BCUT2D eigenvalue weighted by Crippen LogP contribution is -2.48. The minimum atomic E-state index is -0.152. The van der Waals surface area contributed by atoms with Crippen LogP contribution in [0.2, 0.25) is 0 Å². The zero-order valence-corrected chi connectivity index (χ0v) is 13.5. The number of hydrogen-bond donors (Lipinski definition) is 1. The molecule has 1 unspecified atom stereocenters. The van der Waals surface area contributed by atoms with Crippen molar-refractivity contribution in [3.8, 4) is 0 Å². The van der Waals surface area contributed by atoms with E-state index < -0.39 is 0 Å². The van der Waals surface area contributed by atoms with Crippen molar-refractivity contribution in [2.45, 2.75) is 18.9 Å². The Morgan fingerprint density at radius 1 is 1.30 bits per heavy atom. The number of carbonyl (C=O) groups excluding carboxylic acids is 2. The molecule has 1 aromatic carbocycles. The molecule has 6 nitrogen and oxygen atoms in total. The van der Waals surface area contributed by atoms with Crippen LogP contribution >= 0.6 is 0 Å². The average molecular weight is 317 g/mol. The quantitative estimate of drug-likeness (QED) is 0.895. The van der Waals surface area contributed by atoms with Gasteiger partial charge in [0.15, 0.2) is 0 Å². The highest BCUT2D eigenvalue weighted by Gasteiger charge is 2.25. The Balaban J connectivity index is 1.61. The van der Waals surface area contributed by atoms with Gasteiger partial charge in [0.25, 0.3) is 5.91 Å². The fourth-order valence-electron chi connectivity index (χ4n) is 3.08. The monoisotopic (exact) mass is 317 g/mol. The number of benzene rings is 1. The first-order valence-electron chi connectivity index (χ1n) is 8.13. The van der Waals surface area contributed by atoms with Gasteiger partial charge in [-0.3, -0.25) is 9.59 Å². The molecule has 2 amide bonds. The Hall–Kier alpha value is -2.08. The standard InChI is InChI=1S/C17H23N3O3/c1-19-11-13(23-12-16(19)21)10-18-17(22)14-6-2-3-7-15(14)20-8-4-5-9-20/h2-3,6-7,13H,4-5,8-12H2,1H3,(H,18,22). The van der Waals surface area contributed by atoms with Crippen LogP contribution in [0.4, 0.5) is 5.69 Å². The van der Waals surface area contributed by atoms with Gasteiger partial charge in [-0.2, -0.15) is 0 Å². The molecule has 124 valence electrons. The summed E-state index contributed by atoms with van der Waals surface area (Å²) in [4.78, 5) is 27.8. The summed E-state index contributed by atoms with van der Waals surface area (Å²) in [7, 11) is 1.75. The van der Waals surface area contributed by atoms with Gasteiger partial charge in [-0.1, -0.05) is 12.1 Å². The van der Waals surface area contributed by atoms with E-state index in [4.69, 9.17) is 4.74 Å². The molecule has 0 saturated carbocycles. The van der Waals surface area contributed by atoms with Crippen molar-refractivity contribution < 1.29 is 14.3 Å². The molecule has 2 saturated heterocycles. The predicted molar refractivity (Wildman–Crippen MR) is 87.6 cm³/mol. The highest BCUT2D eigenvalue weighted by molar-refractivity contribution is 5.99. The molecule has 2 aliphatic rings. The Labute approximate surface area is 136 Å². The lowest BCUT2D eigenvalue weighted by atomic mass is 10.1. The van der Waals surface area contributed by atoms with Crippen molar-refractivity contribution in [3.63, 3.8) is 0 Å². The van der Waals surface area contributed by atoms with Gasteiger partial charge in [0.1, 0.15) is 6.61 Å². The van der Waals surface area contributed by atoms with E-state index >= 15 is 0 Å². The highest BCUT2D eigenvalue weighted by atomic mass is 16.5. The Kier molecular flexibility index (Phi) is 4.81. The number of likely N-dealkylation sites (N-methyl/N-ethyl adjacent to an activating group) is 1. The molecule has 2 heterocycles. The molecule has 0 radical (unpaired) electrons. The van der Waals surface area contributed by atoms with Crippen LogP contribution in [0.15, 0.2) is 24.3 Å². The summed E-state index contributed by atoms with van der Waals surface area (Å²) in [5, 5.41) is 2.94. The Morgan fingerprint density at radius 2 is 2.04 bits per heavy atom. The van der Waals surface area contributed by atoms with E-state index in [-0.39, 0.29) is 24.5 Å². The van der Waals surface area contributed by atoms with Gasteiger partial charge in [0.05, 0.1) is 11.7 Å². The van der Waals surface area contributed by atoms with Crippen molar-refractivity contribution in [2.24, 2.45) is 0 Å². The lowest BCUT2D eigenvalue weighted by molar-refractivity contribution is -0.146. The summed E-state index contributed by atoms with van der Waals surface area (Å²) in [6, 6.07) is 7.72. The number of para-hydroxylation sites is 1. The minimum Gasteiger partial charge on any atom is -0.371 e. The summed E-state index contributed by atoms with van der Waals surface area (Å²) in [5.41, 5.74) is 1.70. The van der Waals surface area contributed by atoms with Gasteiger partial charge in [0.2, 0.25) is 5.91 Å². The second kappa shape index (κ2) is 7.00. The third kappa shape index (κ3) is 3.64. The summed E-state index contributed by atoms with van der Waals surface area (Å²) in [6.07, 6.45) is 2.19. The number of morpholine rings is 1. The maximum atomic E-state index is 12.5. The van der Waals surface area contributed by atoms with Gasteiger partial charge < -0.3 is 19.9 Å². The Morgan fingerprint density at radius 3 is 2.78 bits per heavy atom. The first-order chi connectivity index (χ1) is 11.1. The third-order valence-electron chi connectivity index (χ3n) is 4.43. The smallest absolute Gasteiger partial charge is 0.253 e. The molecule has 0 spiro atoms. The molecule has 1 aromatic rings. The van der Waals surface area contributed by atoms with Crippen LogP contribution in [0.5, 0.6) is 0 Å². The van der Waals surface area contributed by atoms with Crippen LogP contribution in [-0.2, 0) is 9.53 Å². The van der Waals surface area contributed by atoms with E-state index in [1.807, 2.05) is 24.3 Å². The number of ether oxygens (including phenoxy) is 1. The molecular weight excluding hydrogens is 294 g/mol. The van der Waals surface area contributed by atoms with E-state index in [1.165, 1.54) is 12.8 Å². The molecule has 2 aliphatic heterocycles. The van der Waals surface area contributed by atoms with Crippen molar-refractivity contribution in [1.29, 1.82) is 0 Å². The Bertz CT molecular complexity index is 584. The van der Waals surface area contributed by atoms with Crippen molar-refractivity contribution in [1.82, 2.24) is 10.2 Å². The number of nitrogens with zero attached hydrogens (tertiary/aromatic N) is 2. The largest absolute Gasteiger partial charge is 0.371 e. The number of rotatable bonds is 4. The second-order valence-electron chi connectivity index (χ2n) is 6.13. The molecule has 1 atom stereocenters. The number of nitrogens with one attached hydrogen (secondary N) is 1. The number of carbonyl (C=O) groups is 2. The van der Waals surface area contributed by atoms with Crippen molar-refractivity contribution >= 4 is 17.5 Å². The van der Waals surface area contributed by atoms with E-state index in [1.54, 1.807) is 11.9 Å². The first-order valence-corrected chi connectivity index (χ1v) is 8.13. The molecule has 23 heavy (non-hydrogen) atoms. The maximum absolute atomic E-state index is 12.5. The molecule has 0 bridgehead atoms. The van der Waals surface area contributed by atoms with Crippen LogP contribution in [0.1, 0.15) is 23.2 Å². The number of anilines is 1. The molecule has 1 N–H and O–H groups in total. The zero-order chi connectivity index (χ0) is 16.2. The highest BCUT2D eigenvalue weighted by Crippen LogP contribution is 2.24. The minimum absolute atomic E-state index is 0.0213. The normalized spacial score (nSPS) is 21.6. The summed E-state index contributed by atoms with van der Waals surface area (Å²) in [5.74, 6) is -0.109. The average Bonchev–Trinajstić information content (AvgIpc) is 3.10. The van der Waals surface area contributed by atoms with Gasteiger partial charge in [-0.05, 0) is 25.0 Å². The summed E-state index contributed by atoms with van der Waals surface area (Å²) in [6.45, 7) is 3.00. The van der Waals surface area contributed by atoms with Crippen LogP contribution < -0.4 is 10.2 Å². The molecule has 3 rings (SSSR count). The van der Waals surface area contributed by atoms with Crippen molar-refractivity contribution in [3.05, 3.63) is 29.8 Å². The van der Waals surface area contributed by atoms with Crippen LogP contribution in [0.3, 0.4) is 0 Å². The molecule has 2 fully saturated rings. The summed E-state index contributed by atoms with van der Waals surface area (Å²) < 4.78 is 5.46. The lowest BCUT2D eigenvalue weighted by Gasteiger charge is -2.30. The molecule has 0 aliphatic carbocycles. The topological polar surface area (TPSA) is 61.9 Å². The molecule has 6 heteroatoms. The van der Waals surface area contributed by atoms with E-state index in [0.29, 0.717) is 18.7 Å². The third-order valence-corrected chi connectivity index (χ3v) is 4.43. The molecular formula is C17H23N3O3. The fraction of sp³-hybridized carbons (Fsp3) is 0.529. The predicted octanol–water partition coefficient (Wildman–Crippen LogP) is 0.874. The van der Waals surface area contributed by atoms with Crippen molar-refractivity contribution in [2.75, 3.05) is 44.7 Å². The summed E-state index contributed by atoms with van der Waals surface area (Å²) >= 11 is 0. The van der Waals surface area contributed by atoms with Gasteiger partial charge in [-0.15, -0.1) is 0 Å². The van der Waals surface area contributed by atoms with Gasteiger partial charge in [-0.25, -0.2) is 0 Å².